The van der Waals surface area contributed by atoms with Crippen molar-refractivity contribution in [3.05, 3.63) is 57.5 Å². The van der Waals surface area contributed by atoms with Crippen LogP contribution in [0, 0.1) is 6.92 Å². The first-order valence-corrected chi connectivity index (χ1v) is 8.27. The molecule has 3 aromatic rings. The molecule has 8 nitrogen and oxygen atoms in total. The van der Waals surface area contributed by atoms with Gasteiger partial charge < -0.3 is 14.6 Å². The van der Waals surface area contributed by atoms with Crippen molar-refractivity contribution in [3.8, 4) is 0 Å². The first-order valence-electron chi connectivity index (χ1n) is 8.27. The van der Waals surface area contributed by atoms with Crippen LogP contribution in [0.15, 0.2) is 33.6 Å². The van der Waals surface area contributed by atoms with E-state index in [1.807, 2.05) is 24.8 Å². The number of hydrogen-bond donors (Lipinski definition) is 2. The van der Waals surface area contributed by atoms with Crippen molar-refractivity contribution in [3.63, 3.8) is 0 Å². The number of rotatable bonds is 6. The van der Waals surface area contributed by atoms with E-state index < -0.39 is 5.97 Å². The molecular formula is C18H20N4O4. The summed E-state index contributed by atoms with van der Waals surface area (Å²) in [4.78, 5) is 32.9. The van der Waals surface area contributed by atoms with Gasteiger partial charge in [-0.05, 0) is 32.9 Å². The highest BCUT2D eigenvalue weighted by molar-refractivity contribution is 5.89. The van der Waals surface area contributed by atoms with Crippen molar-refractivity contribution >= 4 is 16.9 Å². The Bertz CT molecular complexity index is 1010. The fourth-order valence-electron chi connectivity index (χ4n) is 2.82. The Kier molecular flexibility index (Phi) is 4.85. The highest BCUT2D eigenvalue weighted by Crippen LogP contribution is 2.18. The van der Waals surface area contributed by atoms with Crippen LogP contribution in [-0.2, 0) is 13.1 Å². The number of benzene rings is 1. The molecule has 0 aliphatic carbocycles. The Morgan fingerprint density at radius 3 is 2.73 bits per heavy atom. The molecule has 1 aromatic carbocycles. The van der Waals surface area contributed by atoms with Gasteiger partial charge in [-0.2, -0.15) is 0 Å². The van der Waals surface area contributed by atoms with Crippen molar-refractivity contribution in [2.75, 3.05) is 0 Å². The van der Waals surface area contributed by atoms with Crippen molar-refractivity contribution < 1.29 is 14.4 Å². The third kappa shape index (κ3) is 3.50. The van der Waals surface area contributed by atoms with E-state index in [1.165, 1.54) is 0 Å². The predicted octanol–water partition coefficient (Wildman–Crippen LogP) is 2.33. The molecular weight excluding hydrogens is 336 g/mol. The quantitative estimate of drug-likeness (QED) is 0.697. The second kappa shape index (κ2) is 7.09. The Morgan fingerprint density at radius 2 is 2.04 bits per heavy atom. The van der Waals surface area contributed by atoms with E-state index in [4.69, 9.17) is 4.52 Å². The van der Waals surface area contributed by atoms with Crippen LogP contribution in [0.2, 0.25) is 0 Å². The number of aromatic amines is 1. The van der Waals surface area contributed by atoms with E-state index in [0.717, 1.165) is 0 Å². The third-order valence-corrected chi connectivity index (χ3v) is 4.25. The summed E-state index contributed by atoms with van der Waals surface area (Å²) in [5.74, 6) is -0.285. The SMILES string of the molecule is Cc1onc(CN(Cc2nc3ccccc3c(=O)[nH]2)C(C)C)c1C(=O)O. The Balaban J connectivity index is 1.90. The number of aryl methyl sites for hydroxylation is 1. The molecule has 2 N–H and O–H groups in total. The number of fused-ring (bicyclic) bond motifs is 1. The lowest BCUT2D eigenvalue weighted by atomic mass is 10.1. The number of carbonyl (C=O) groups is 1. The Labute approximate surface area is 149 Å². The molecule has 0 bridgehead atoms. The van der Waals surface area contributed by atoms with E-state index >= 15 is 0 Å². The number of carboxylic acid groups (broad SMARTS) is 1. The molecule has 0 saturated carbocycles. The first kappa shape index (κ1) is 17.8. The third-order valence-electron chi connectivity index (χ3n) is 4.25. The zero-order chi connectivity index (χ0) is 18.8. The van der Waals surface area contributed by atoms with Crippen molar-refractivity contribution in [2.24, 2.45) is 0 Å². The molecule has 136 valence electrons. The highest BCUT2D eigenvalue weighted by Gasteiger charge is 2.23. The Morgan fingerprint density at radius 1 is 1.31 bits per heavy atom. The molecule has 0 unspecified atom stereocenters. The molecule has 8 heteroatoms. The average molecular weight is 356 g/mol. The van der Waals surface area contributed by atoms with E-state index in [9.17, 15) is 14.7 Å². The number of para-hydroxylation sites is 1. The normalized spacial score (nSPS) is 11.6. The second-order valence-electron chi connectivity index (χ2n) is 6.39. The van der Waals surface area contributed by atoms with Gasteiger partial charge in [0.1, 0.15) is 22.8 Å². The summed E-state index contributed by atoms with van der Waals surface area (Å²) < 4.78 is 5.03. The smallest absolute Gasteiger partial charge is 0.341 e. The number of carboxylic acids is 1. The summed E-state index contributed by atoms with van der Waals surface area (Å²) in [5.41, 5.74) is 0.860. The number of H-pyrrole nitrogens is 1. The average Bonchev–Trinajstić information content (AvgIpc) is 2.95. The zero-order valence-electron chi connectivity index (χ0n) is 14.8. The molecule has 0 amide bonds. The van der Waals surface area contributed by atoms with Crippen LogP contribution in [0.4, 0.5) is 0 Å². The molecule has 0 radical (unpaired) electrons. The number of aromatic carboxylic acids is 1. The van der Waals surface area contributed by atoms with E-state index in [-0.39, 0.29) is 29.5 Å². The lowest BCUT2D eigenvalue weighted by Crippen LogP contribution is -2.32. The van der Waals surface area contributed by atoms with Crippen LogP contribution < -0.4 is 5.56 Å². The highest BCUT2D eigenvalue weighted by atomic mass is 16.5. The predicted molar refractivity (Wildman–Crippen MR) is 94.9 cm³/mol. The number of aromatic nitrogens is 3. The van der Waals surface area contributed by atoms with Crippen LogP contribution in [0.5, 0.6) is 0 Å². The second-order valence-corrected chi connectivity index (χ2v) is 6.39. The Hall–Kier alpha value is -3.00. The lowest BCUT2D eigenvalue weighted by Gasteiger charge is -2.25. The van der Waals surface area contributed by atoms with Gasteiger partial charge in [0.25, 0.3) is 5.56 Å². The molecule has 2 aromatic heterocycles. The summed E-state index contributed by atoms with van der Waals surface area (Å²) in [6, 6.07) is 7.21. The van der Waals surface area contributed by atoms with Gasteiger partial charge in [-0.3, -0.25) is 9.69 Å². The summed E-state index contributed by atoms with van der Waals surface area (Å²) in [6.07, 6.45) is 0. The van der Waals surface area contributed by atoms with Crippen LogP contribution >= 0.6 is 0 Å². The van der Waals surface area contributed by atoms with Gasteiger partial charge in [0.05, 0.1) is 17.4 Å². The van der Waals surface area contributed by atoms with Gasteiger partial charge in [0.2, 0.25) is 0 Å². The number of nitrogens with one attached hydrogen (secondary N) is 1. The van der Waals surface area contributed by atoms with Gasteiger partial charge in [-0.1, -0.05) is 17.3 Å². The van der Waals surface area contributed by atoms with Crippen LogP contribution in [0.3, 0.4) is 0 Å². The largest absolute Gasteiger partial charge is 0.477 e. The minimum Gasteiger partial charge on any atom is -0.477 e. The number of hydrogen-bond acceptors (Lipinski definition) is 6. The van der Waals surface area contributed by atoms with E-state index in [2.05, 4.69) is 15.1 Å². The standard InChI is InChI=1S/C18H20N4O4/c1-10(2)22(8-14-16(18(24)25)11(3)26-21-14)9-15-19-13-7-5-4-6-12(13)17(23)20-15/h4-7,10H,8-9H2,1-3H3,(H,24,25)(H,19,20,23). The topological polar surface area (TPSA) is 112 Å². The van der Waals surface area contributed by atoms with E-state index in [1.54, 1.807) is 25.1 Å². The minimum absolute atomic E-state index is 0.0745. The van der Waals surface area contributed by atoms with Crippen molar-refractivity contribution in [1.29, 1.82) is 0 Å². The fourth-order valence-corrected chi connectivity index (χ4v) is 2.82. The van der Waals surface area contributed by atoms with Crippen molar-refractivity contribution in [1.82, 2.24) is 20.0 Å². The van der Waals surface area contributed by atoms with Gasteiger partial charge in [-0.15, -0.1) is 0 Å². The van der Waals surface area contributed by atoms with Crippen LogP contribution in [0.1, 0.15) is 41.5 Å². The molecule has 3 rings (SSSR count). The van der Waals surface area contributed by atoms with Crippen molar-refractivity contribution in [2.45, 2.75) is 39.9 Å². The summed E-state index contributed by atoms with van der Waals surface area (Å²) in [5, 5.41) is 13.8. The van der Waals surface area contributed by atoms with Gasteiger partial charge in [0.15, 0.2) is 0 Å². The first-order chi connectivity index (χ1) is 12.4. The fraction of sp³-hybridized carbons (Fsp3) is 0.333. The van der Waals surface area contributed by atoms with E-state index in [0.29, 0.717) is 29.0 Å². The molecule has 26 heavy (non-hydrogen) atoms. The van der Waals surface area contributed by atoms with Gasteiger partial charge in [-0.25, -0.2) is 9.78 Å². The summed E-state index contributed by atoms with van der Waals surface area (Å²) >= 11 is 0. The maximum Gasteiger partial charge on any atom is 0.341 e. The molecule has 2 heterocycles. The van der Waals surface area contributed by atoms with Gasteiger partial charge in [0, 0.05) is 12.6 Å². The zero-order valence-corrected chi connectivity index (χ0v) is 14.8. The molecule has 0 atom stereocenters. The summed E-state index contributed by atoms with van der Waals surface area (Å²) in [7, 11) is 0. The molecule has 0 fully saturated rings. The molecule has 0 spiro atoms. The minimum atomic E-state index is -1.07. The molecule has 0 saturated heterocycles. The summed E-state index contributed by atoms with van der Waals surface area (Å²) in [6.45, 7) is 6.15. The maximum absolute atomic E-state index is 12.2. The van der Waals surface area contributed by atoms with Crippen LogP contribution in [0.25, 0.3) is 10.9 Å². The molecule has 0 aliphatic rings. The van der Waals surface area contributed by atoms with Crippen LogP contribution in [-0.4, -0.2) is 37.1 Å². The lowest BCUT2D eigenvalue weighted by molar-refractivity contribution is 0.0692. The monoisotopic (exact) mass is 356 g/mol. The number of nitrogens with zero attached hydrogens (tertiary/aromatic N) is 3. The maximum atomic E-state index is 12.2. The van der Waals surface area contributed by atoms with Gasteiger partial charge >= 0.3 is 5.97 Å². The molecule has 0 aliphatic heterocycles.